The van der Waals surface area contributed by atoms with Crippen LogP contribution in [0.3, 0.4) is 0 Å². The van der Waals surface area contributed by atoms with E-state index in [4.69, 9.17) is 0 Å². The zero-order valence-corrected chi connectivity index (χ0v) is 13.9. The quantitative estimate of drug-likeness (QED) is 0.560. The molecule has 4 nitrogen and oxygen atoms in total. The van der Waals surface area contributed by atoms with Crippen LogP contribution in [-0.4, -0.2) is 20.2 Å². The number of unbranched alkanes of at least 4 members (excludes halogenated alkanes) is 3. The molecule has 1 unspecified atom stereocenters. The molecule has 0 heterocycles. The van der Waals surface area contributed by atoms with Crippen molar-refractivity contribution in [3.8, 4) is 0 Å². The van der Waals surface area contributed by atoms with Crippen molar-refractivity contribution in [2.75, 3.05) is 0 Å². The van der Waals surface area contributed by atoms with Gasteiger partial charge < -0.3 is 0 Å². The van der Waals surface area contributed by atoms with E-state index in [1.807, 2.05) is 6.92 Å². The smallest absolute Gasteiger partial charge is 0.240 e. The topological polar surface area (TPSA) is 63.2 Å². The van der Waals surface area contributed by atoms with Gasteiger partial charge in [-0.1, -0.05) is 44.7 Å². The summed E-state index contributed by atoms with van der Waals surface area (Å²) in [4.78, 5) is 11.4. The largest absolute Gasteiger partial charge is 0.295 e. The van der Waals surface area contributed by atoms with Gasteiger partial charge in [0.15, 0.2) is 5.78 Å². The predicted molar refractivity (Wildman–Crippen MR) is 85.0 cm³/mol. The Kier molecular flexibility index (Phi) is 7.05. The summed E-state index contributed by atoms with van der Waals surface area (Å²) in [6, 6.07) is 5.96. The Morgan fingerprint density at radius 1 is 1.14 bits per heavy atom. The number of benzene rings is 1. The third kappa shape index (κ3) is 5.98. The summed E-state index contributed by atoms with van der Waals surface area (Å²) in [5.41, 5.74) is 0.515. The van der Waals surface area contributed by atoms with E-state index in [0.29, 0.717) is 5.56 Å². The minimum Gasteiger partial charge on any atom is -0.295 e. The number of Topliss-reactive ketones (excluding diaryl/α,β-unsaturated/α-hetero) is 1. The highest BCUT2D eigenvalue weighted by Crippen LogP contribution is 2.13. The van der Waals surface area contributed by atoms with Crippen LogP contribution in [0.2, 0.25) is 0 Å². The monoisotopic (exact) mass is 311 g/mol. The van der Waals surface area contributed by atoms with E-state index < -0.39 is 10.0 Å². The fourth-order valence-corrected chi connectivity index (χ4v) is 3.42. The molecule has 1 aromatic rings. The normalized spacial score (nSPS) is 13.1. The molecule has 0 saturated carbocycles. The van der Waals surface area contributed by atoms with Crippen LogP contribution in [-0.2, 0) is 10.0 Å². The van der Waals surface area contributed by atoms with Gasteiger partial charge >= 0.3 is 0 Å². The second kappa shape index (κ2) is 8.29. The number of nitrogens with one attached hydrogen (secondary N) is 1. The van der Waals surface area contributed by atoms with Crippen molar-refractivity contribution in [3.63, 3.8) is 0 Å². The highest BCUT2D eigenvalue weighted by molar-refractivity contribution is 7.89. The van der Waals surface area contributed by atoms with E-state index in [0.717, 1.165) is 19.3 Å². The molecule has 0 aromatic heterocycles. The molecule has 5 heteroatoms. The van der Waals surface area contributed by atoms with E-state index in [9.17, 15) is 13.2 Å². The van der Waals surface area contributed by atoms with Gasteiger partial charge in [-0.05, 0) is 32.4 Å². The zero-order chi connectivity index (χ0) is 15.9. The molecule has 0 aliphatic carbocycles. The highest BCUT2D eigenvalue weighted by atomic mass is 32.2. The Balaban J connectivity index is 2.62. The molecule has 1 atom stereocenters. The minimum absolute atomic E-state index is 0.0730. The van der Waals surface area contributed by atoms with Crippen molar-refractivity contribution in [1.82, 2.24) is 4.72 Å². The number of sulfonamides is 1. The zero-order valence-electron chi connectivity index (χ0n) is 13.1. The summed E-state index contributed by atoms with van der Waals surface area (Å²) in [7, 11) is -3.51. The van der Waals surface area contributed by atoms with Gasteiger partial charge in [0.05, 0.1) is 4.90 Å². The molecule has 1 N–H and O–H groups in total. The summed E-state index contributed by atoms with van der Waals surface area (Å²) < 4.78 is 27.1. The van der Waals surface area contributed by atoms with Crippen molar-refractivity contribution in [3.05, 3.63) is 29.8 Å². The summed E-state index contributed by atoms with van der Waals surface area (Å²) in [5, 5.41) is 0. The molecule has 1 aromatic carbocycles. The molecule has 0 aliphatic heterocycles. The number of carbonyl (C=O) groups is 1. The Bertz CT molecular complexity index is 549. The van der Waals surface area contributed by atoms with Gasteiger partial charge in [-0.25, -0.2) is 13.1 Å². The first-order valence-corrected chi connectivity index (χ1v) is 8.98. The van der Waals surface area contributed by atoms with E-state index >= 15 is 0 Å². The van der Waals surface area contributed by atoms with Gasteiger partial charge in [-0.2, -0.15) is 0 Å². The standard InChI is InChI=1S/C16H25NO3S/c1-4-5-6-7-8-13(2)17-21(19,20)16-11-9-15(10-12-16)14(3)18/h9-13,17H,4-8H2,1-3H3. The first kappa shape index (κ1) is 17.9. The molecule has 0 amide bonds. The number of hydrogen-bond donors (Lipinski definition) is 1. The van der Waals surface area contributed by atoms with Gasteiger partial charge in [-0.15, -0.1) is 0 Å². The number of rotatable bonds is 9. The van der Waals surface area contributed by atoms with Gasteiger partial charge in [0.2, 0.25) is 10.0 Å². The highest BCUT2D eigenvalue weighted by Gasteiger charge is 2.17. The lowest BCUT2D eigenvalue weighted by molar-refractivity contribution is 0.101. The summed E-state index contributed by atoms with van der Waals surface area (Å²) in [5.74, 6) is -0.0730. The lowest BCUT2D eigenvalue weighted by Crippen LogP contribution is -2.32. The first-order chi connectivity index (χ1) is 9.86. The lowest BCUT2D eigenvalue weighted by Gasteiger charge is -2.14. The molecular formula is C16H25NO3S. The Labute approximate surface area is 128 Å². The average molecular weight is 311 g/mol. The fourth-order valence-electron chi connectivity index (χ4n) is 2.14. The Hall–Kier alpha value is -1.20. The van der Waals surface area contributed by atoms with Crippen LogP contribution in [0.5, 0.6) is 0 Å². The minimum atomic E-state index is -3.51. The van der Waals surface area contributed by atoms with Gasteiger partial charge in [0, 0.05) is 11.6 Å². The molecular weight excluding hydrogens is 286 g/mol. The third-order valence-corrected chi connectivity index (χ3v) is 5.02. The lowest BCUT2D eigenvalue weighted by atomic mass is 10.1. The summed E-state index contributed by atoms with van der Waals surface area (Å²) in [6.07, 6.45) is 5.36. The molecule has 0 fully saturated rings. The maximum absolute atomic E-state index is 12.2. The van der Waals surface area contributed by atoms with Crippen LogP contribution in [0.1, 0.15) is 63.2 Å². The van der Waals surface area contributed by atoms with Crippen molar-refractivity contribution in [2.24, 2.45) is 0 Å². The molecule has 0 spiro atoms. The van der Waals surface area contributed by atoms with E-state index in [2.05, 4.69) is 11.6 Å². The molecule has 1 rings (SSSR count). The second-order valence-electron chi connectivity index (χ2n) is 5.45. The number of hydrogen-bond acceptors (Lipinski definition) is 3. The van der Waals surface area contributed by atoms with Crippen LogP contribution < -0.4 is 4.72 Å². The van der Waals surface area contributed by atoms with Crippen molar-refractivity contribution < 1.29 is 13.2 Å². The van der Waals surface area contributed by atoms with Crippen molar-refractivity contribution in [2.45, 2.75) is 63.8 Å². The molecule has 0 bridgehead atoms. The van der Waals surface area contributed by atoms with Gasteiger partial charge in [0.25, 0.3) is 0 Å². The Morgan fingerprint density at radius 3 is 2.29 bits per heavy atom. The first-order valence-electron chi connectivity index (χ1n) is 7.50. The van der Waals surface area contributed by atoms with Crippen LogP contribution in [0.25, 0.3) is 0 Å². The third-order valence-electron chi connectivity index (χ3n) is 3.42. The van der Waals surface area contributed by atoms with Crippen LogP contribution in [0.15, 0.2) is 29.2 Å². The SMILES string of the molecule is CCCCCCC(C)NS(=O)(=O)c1ccc(C(C)=O)cc1. The van der Waals surface area contributed by atoms with E-state index in [-0.39, 0.29) is 16.7 Å². The van der Waals surface area contributed by atoms with E-state index in [1.54, 1.807) is 12.1 Å². The molecule has 0 aliphatic rings. The number of ketones is 1. The molecule has 118 valence electrons. The molecule has 0 radical (unpaired) electrons. The van der Waals surface area contributed by atoms with Crippen molar-refractivity contribution >= 4 is 15.8 Å². The molecule has 0 saturated heterocycles. The van der Waals surface area contributed by atoms with Gasteiger partial charge in [0.1, 0.15) is 0 Å². The second-order valence-corrected chi connectivity index (χ2v) is 7.17. The summed E-state index contributed by atoms with van der Waals surface area (Å²) >= 11 is 0. The fraction of sp³-hybridized carbons (Fsp3) is 0.562. The van der Waals surface area contributed by atoms with Crippen LogP contribution in [0, 0.1) is 0 Å². The Morgan fingerprint density at radius 2 is 1.76 bits per heavy atom. The molecule has 21 heavy (non-hydrogen) atoms. The van der Waals surface area contributed by atoms with Gasteiger partial charge in [-0.3, -0.25) is 4.79 Å². The maximum Gasteiger partial charge on any atom is 0.240 e. The predicted octanol–water partition coefficient (Wildman–Crippen LogP) is 3.53. The average Bonchev–Trinajstić information content (AvgIpc) is 2.43. The maximum atomic E-state index is 12.2. The van der Waals surface area contributed by atoms with Crippen LogP contribution >= 0.6 is 0 Å². The summed E-state index contributed by atoms with van der Waals surface area (Å²) in [6.45, 7) is 5.49. The van der Waals surface area contributed by atoms with E-state index in [1.165, 1.54) is 31.9 Å². The number of carbonyl (C=O) groups excluding carboxylic acids is 1. The van der Waals surface area contributed by atoms with Crippen molar-refractivity contribution in [1.29, 1.82) is 0 Å². The van der Waals surface area contributed by atoms with Crippen LogP contribution in [0.4, 0.5) is 0 Å².